The molecule has 0 aliphatic carbocycles. The smallest absolute Gasteiger partial charge is 0.251 e. The molecule has 1 aromatic carbocycles. The van der Waals surface area contributed by atoms with Gasteiger partial charge in [-0.25, -0.2) is 0 Å². The van der Waals surface area contributed by atoms with E-state index in [-0.39, 0.29) is 23.6 Å². The summed E-state index contributed by atoms with van der Waals surface area (Å²) in [5.74, 6) is -0.106. The van der Waals surface area contributed by atoms with Crippen LogP contribution < -0.4 is 10.6 Å². The van der Waals surface area contributed by atoms with Crippen LogP contribution in [0.5, 0.6) is 5.75 Å². The summed E-state index contributed by atoms with van der Waals surface area (Å²) in [7, 11) is 0. The highest BCUT2D eigenvalue weighted by atomic mass is 16.3. The minimum atomic E-state index is -0.244. The van der Waals surface area contributed by atoms with Gasteiger partial charge in [0.05, 0.1) is 0 Å². The molecule has 3 N–H and O–H groups in total. The second-order valence-corrected chi connectivity index (χ2v) is 4.51. The Morgan fingerprint density at radius 3 is 2.94 bits per heavy atom. The SMILES string of the molecule is Cc1ccc(C(=O)NCC2CCC(=O)N2)cc1O. The lowest BCUT2D eigenvalue weighted by Crippen LogP contribution is -2.38. The first-order valence-electron chi connectivity index (χ1n) is 5.93. The van der Waals surface area contributed by atoms with Crippen molar-refractivity contribution in [2.75, 3.05) is 6.54 Å². The Morgan fingerprint density at radius 1 is 1.56 bits per heavy atom. The summed E-state index contributed by atoms with van der Waals surface area (Å²) in [5, 5.41) is 15.0. The maximum Gasteiger partial charge on any atom is 0.251 e. The fourth-order valence-corrected chi connectivity index (χ4v) is 1.90. The Labute approximate surface area is 105 Å². The molecule has 0 saturated carbocycles. The molecular weight excluding hydrogens is 232 g/mol. The van der Waals surface area contributed by atoms with Gasteiger partial charge >= 0.3 is 0 Å². The van der Waals surface area contributed by atoms with Crippen LogP contribution in [0.3, 0.4) is 0 Å². The number of hydrogen-bond acceptors (Lipinski definition) is 3. The van der Waals surface area contributed by atoms with Crippen LogP contribution in [0, 0.1) is 6.92 Å². The van der Waals surface area contributed by atoms with Crippen LogP contribution >= 0.6 is 0 Å². The van der Waals surface area contributed by atoms with Crippen molar-refractivity contribution >= 4 is 11.8 Å². The lowest BCUT2D eigenvalue weighted by molar-refractivity contribution is -0.119. The number of phenolic OH excluding ortho intramolecular Hbond substituents is 1. The summed E-state index contributed by atoms with van der Waals surface area (Å²) >= 11 is 0. The number of phenols is 1. The molecule has 1 atom stereocenters. The van der Waals surface area contributed by atoms with E-state index in [4.69, 9.17) is 0 Å². The topological polar surface area (TPSA) is 78.4 Å². The Balaban J connectivity index is 1.91. The molecule has 5 heteroatoms. The number of nitrogens with one attached hydrogen (secondary N) is 2. The Kier molecular flexibility index (Phi) is 3.50. The molecule has 1 unspecified atom stereocenters. The number of rotatable bonds is 3. The minimum absolute atomic E-state index is 0.0143. The lowest BCUT2D eigenvalue weighted by atomic mass is 10.1. The second-order valence-electron chi connectivity index (χ2n) is 4.51. The minimum Gasteiger partial charge on any atom is -0.508 e. The van der Waals surface area contributed by atoms with Gasteiger partial charge in [-0.3, -0.25) is 9.59 Å². The fourth-order valence-electron chi connectivity index (χ4n) is 1.90. The maximum atomic E-state index is 11.8. The predicted octanol–water partition coefficient (Wildman–Crippen LogP) is 0.709. The van der Waals surface area contributed by atoms with Gasteiger partial charge in [0.15, 0.2) is 0 Å². The third-order valence-electron chi connectivity index (χ3n) is 3.07. The zero-order valence-corrected chi connectivity index (χ0v) is 10.2. The molecule has 0 bridgehead atoms. The van der Waals surface area contributed by atoms with Gasteiger partial charge in [-0.15, -0.1) is 0 Å². The van der Waals surface area contributed by atoms with Gasteiger partial charge in [-0.2, -0.15) is 0 Å². The number of carbonyl (C=O) groups is 2. The van der Waals surface area contributed by atoms with Gasteiger partial charge in [0.25, 0.3) is 5.91 Å². The Bertz CT molecular complexity index is 485. The van der Waals surface area contributed by atoms with Crippen LogP contribution in [0.25, 0.3) is 0 Å². The summed E-state index contributed by atoms with van der Waals surface area (Å²) in [6.07, 6.45) is 1.27. The van der Waals surface area contributed by atoms with Crippen LogP contribution in [-0.2, 0) is 4.79 Å². The highest BCUT2D eigenvalue weighted by molar-refractivity contribution is 5.94. The Morgan fingerprint density at radius 2 is 2.33 bits per heavy atom. The first kappa shape index (κ1) is 12.4. The number of hydrogen-bond donors (Lipinski definition) is 3. The summed E-state index contributed by atoms with van der Waals surface area (Å²) in [5.41, 5.74) is 1.15. The van der Waals surface area contributed by atoms with Gasteiger partial charge in [-0.1, -0.05) is 6.07 Å². The zero-order valence-electron chi connectivity index (χ0n) is 10.2. The molecule has 1 aliphatic rings. The van der Waals surface area contributed by atoms with Crippen molar-refractivity contribution in [3.8, 4) is 5.75 Å². The highest BCUT2D eigenvalue weighted by Gasteiger charge is 2.21. The molecule has 96 valence electrons. The van der Waals surface area contributed by atoms with Crippen molar-refractivity contribution < 1.29 is 14.7 Å². The Hall–Kier alpha value is -2.04. The molecule has 2 rings (SSSR count). The zero-order chi connectivity index (χ0) is 13.1. The van der Waals surface area contributed by atoms with Crippen molar-refractivity contribution in [2.45, 2.75) is 25.8 Å². The van der Waals surface area contributed by atoms with E-state index in [1.165, 1.54) is 6.07 Å². The number of aromatic hydroxyl groups is 1. The molecule has 0 radical (unpaired) electrons. The van der Waals surface area contributed by atoms with Crippen LogP contribution in [0.1, 0.15) is 28.8 Å². The van der Waals surface area contributed by atoms with Gasteiger partial charge in [0.1, 0.15) is 5.75 Å². The molecule has 1 aromatic rings. The number of benzene rings is 1. The quantitative estimate of drug-likeness (QED) is 0.737. The molecule has 0 aromatic heterocycles. The first-order chi connectivity index (χ1) is 8.56. The van der Waals surface area contributed by atoms with Crippen molar-refractivity contribution in [3.63, 3.8) is 0 Å². The van der Waals surface area contributed by atoms with E-state index < -0.39 is 0 Å². The van der Waals surface area contributed by atoms with Gasteiger partial charge < -0.3 is 15.7 Å². The van der Waals surface area contributed by atoms with E-state index in [0.29, 0.717) is 18.5 Å². The van der Waals surface area contributed by atoms with E-state index >= 15 is 0 Å². The van der Waals surface area contributed by atoms with Crippen molar-refractivity contribution in [3.05, 3.63) is 29.3 Å². The largest absolute Gasteiger partial charge is 0.508 e. The third kappa shape index (κ3) is 2.80. The van der Waals surface area contributed by atoms with Gasteiger partial charge in [-0.05, 0) is 31.0 Å². The van der Waals surface area contributed by atoms with Crippen LogP contribution in [0.15, 0.2) is 18.2 Å². The van der Waals surface area contributed by atoms with Crippen molar-refractivity contribution in [1.29, 1.82) is 0 Å². The maximum absolute atomic E-state index is 11.8. The van der Waals surface area contributed by atoms with Crippen LogP contribution in [0.2, 0.25) is 0 Å². The molecular formula is C13H16N2O3. The van der Waals surface area contributed by atoms with E-state index in [1.807, 2.05) is 0 Å². The van der Waals surface area contributed by atoms with E-state index in [1.54, 1.807) is 19.1 Å². The number of carbonyl (C=O) groups excluding carboxylic acids is 2. The second kappa shape index (κ2) is 5.08. The highest BCUT2D eigenvalue weighted by Crippen LogP contribution is 2.17. The molecule has 5 nitrogen and oxygen atoms in total. The molecule has 1 saturated heterocycles. The summed E-state index contributed by atoms with van der Waals surface area (Å²) in [6, 6.07) is 4.82. The van der Waals surface area contributed by atoms with Crippen molar-refractivity contribution in [1.82, 2.24) is 10.6 Å². The summed E-state index contributed by atoms with van der Waals surface area (Å²) in [4.78, 5) is 22.8. The van der Waals surface area contributed by atoms with Gasteiger partial charge in [0.2, 0.25) is 5.91 Å². The molecule has 1 fully saturated rings. The first-order valence-corrected chi connectivity index (χ1v) is 5.93. The normalized spacial score (nSPS) is 18.5. The standard InChI is InChI=1S/C13H16N2O3/c1-8-2-3-9(6-11(8)16)13(18)14-7-10-4-5-12(17)15-10/h2-3,6,10,16H,4-5,7H2,1H3,(H,14,18)(H,15,17). The van der Waals surface area contributed by atoms with Gasteiger partial charge in [0, 0.05) is 24.6 Å². The van der Waals surface area contributed by atoms with E-state index in [2.05, 4.69) is 10.6 Å². The predicted molar refractivity (Wildman–Crippen MR) is 66.3 cm³/mol. The summed E-state index contributed by atoms with van der Waals surface area (Å²) < 4.78 is 0. The number of amides is 2. The third-order valence-corrected chi connectivity index (χ3v) is 3.07. The van der Waals surface area contributed by atoms with E-state index in [0.717, 1.165) is 12.0 Å². The average Bonchev–Trinajstić information content (AvgIpc) is 2.75. The van der Waals surface area contributed by atoms with Crippen molar-refractivity contribution in [2.24, 2.45) is 0 Å². The van der Waals surface area contributed by atoms with E-state index in [9.17, 15) is 14.7 Å². The summed E-state index contributed by atoms with van der Waals surface area (Å²) in [6.45, 7) is 2.18. The molecule has 18 heavy (non-hydrogen) atoms. The molecule has 1 aliphatic heterocycles. The lowest BCUT2D eigenvalue weighted by Gasteiger charge is -2.11. The number of aryl methyl sites for hydroxylation is 1. The fraction of sp³-hybridized carbons (Fsp3) is 0.385. The molecule has 1 heterocycles. The van der Waals surface area contributed by atoms with Crippen LogP contribution in [0.4, 0.5) is 0 Å². The molecule has 0 spiro atoms. The molecule has 2 amide bonds. The monoisotopic (exact) mass is 248 g/mol. The van der Waals surface area contributed by atoms with Crippen LogP contribution in [-0.4, -0.2) is 29.5 Å². The average molecular weight is 248 g/mol.